The SMILES string of the molecule is Cc1c(N)cnc(Nc2ccc3ncccc3c2)c1Br. The van der Waals surface area contributed by atoms with Gasteiger partial charge in [0.05, 0.1) is 21.9 Å². The summed E-state index contributed by atoms with van der Waals surface area (Å²) in [5.74, 6) is 0.750. The fourth-order valence-electron chi connectivity index (χ4n) is 1.97. The first-order chi connectivity index (χ1) is 9.65. The number of aromatic nitrogens is 2. The van der Waals surface area contributed by atoms with Crippen LogP contribution >= 0.6 is 15.9 Å². The minimum absolute atomic E-state index is 0.671. The van der Waals surface area contributed by atoms with Gasteiger partial charge in [0, 0.05) is 17.3 Å². The lowest BCUT2D eigenvalue weighted by atomic mass is 10.2. The highest BCUT2D eigenvalue weighted by Crippen LogP contribution is 2.30. The van der Waals surface area contributed by atoms with Gasteiger partial charge in [-0.2, -0.15) is 0 Å². The largest absolute Gasteiger partial charge is 0.397 e. The van der Waals surface area contributed by atoms with Crippen LogP contribution in [-0.2, 0) is 0 Å². The highest BCUT2D eigenvalue weighted by atomic mass is 79.9. The number of nitrogens with one attached hydrogen (secondary N) is 1. The first-order valence-corrected chi connectivity index (χ1v) is 6.97. The third-order valence-corrected chi connectivity index (χ3v) is 4.14. The molecule has 0 fully saturated rings. The van der Waals surface area contributed by atoms with Crippen molar-refractivity contribution in [3.05, 3.63) is 52.8 Å². The third-order valence-electron chi connectivity index (χ3n) is 3.17. The molecule has 0 aliphatic heterocycles. The third kappa shape index (κ3) is 2.32. The lowest BCUT2D eigenvalue weighted by molar-refractivity contribution is 1.25. The molecular formula is C15H13BrN4. The summed E-state index contributed by atoms with van der Waals surface area (Å²) in [6.07, 6.45) is 3.45. The number of rotatable bonds is 2. The van der Waals surface area contributed by atoms with E-state index in [0.717, 1.165) is 32.4 Å². The summed E-state index contributed by atoms with van der Waals surface area (Å²) >= 11 is 3.52. The van der Waals surface area contributed by atoms with E-state index in [1.165, 1.54) is 0 Å². The maximum Gasteiger partial charge on any atom is 0.145 e. The lowest BCUT2D eigenvalue weighted by Gasteiger charge is -2.11. The maximum atomic E-state index is 5.83. The number of nitrogen functional groups attached to an aromatic ring is 1. The number of benzene rings is 1. The van der Waals surface area contributed by atoms with Crippen LogP contribution in [0, 0.1) is 6.92 Å². The van der Waals surface area contributed by atoms with Crippen LogP contribution < -0.4 is 11.1 Å². The van der Waals surface area contributed by atoms with Gasteiger partial charge in [-0.1, -0.05) is 6.07 Å². The molecule has 5 heteroatoms. The van der Waals surface area contributed by atoms with Crippen molar-refractivity contribution in [2.24, 2.45) is 0 Å². The molecule has 0 aliphatic carbocycles. The van der Waals surface area contributed by atoms with Crippen LogP contribution in [0.25, 0.3) is 10.9 Å². The van der Waals surface area contributed by atoms with Crippen molar-refractivity contribution in [2.45, 2.75) is 6.92 Å². The monoisotopic (exact) mass is 328 g/mol. The topological polar surface area (TPSA) is 63.8 Å². The van der Waals surface area contributed by atoms with Gasteiger partial charge in [-0.3, -0.25) is 4.98 Å². The van der Waals surface area contributed by atoms with Crippen LogP contribution in [-0.4, -0.2) is 9.97 Å². The van der Waals surface area contributed by atoms with Gasteiger partial charge in [0.25, 0.3) is 0 Å². The number of nitrogens with two attached hydrogens (primary N) is 1. The fourth-order valence-corrected chi connectivity index (χ4v) is 2.40. The van der Waals surface area contributed by atoms with E-state index in [1.54, 1.807) is 12.4 Å². The summed E-state index contributed by atoms with van der Waals surface area (Å²) in [5, 5.41) is 4.38. The number of pyridine rings is 2. The van der Waals surface area contributed by atoms with Crippen molar-refractivity contribution in [1.82, 2.24) is 9.97 Å². The average molecular weight is 329 g/mol. The maximum absolute atomic E-state index is 5.83. The van der Waals surface area contributed by atoms with Crippen LogP contribution in [0.1, 0.15) is 5.56 Å². The highest BCUT2D eigenvalue weighted by molar-refractivity contribution is 9.10. The van der Waals surface area contributed by atoms with Crippen molar-refractivity contribution >= 4 is 44.0 Å². The molecule has 0 spiro atoms. The average Bonchev–Trinajstić information content (AvgIpc) is 2.48. The number of anilines is 3. The number of halogens is 1. The van der Waals surface area contributed by atoms with Crippen LogP contribution in [0.15, 0.2) is 47.2 Å². The Balaban J connectivity index is 1.99. The van der Waals surface area contributed by atoms with Crippen molar-refractivity contribution in [2.75, 3.05) is 11.1 Å². The van der Waals surface area contributed by atoms with Crippen molar-refractivity contribution in [1.29, 1.82) is 0 Å². The molecule has 0 radical (unpaired) electrons. The fraction of sp³-hybridized carbons (Fsp3) is 0.0667. The van der Waals surface area contributed by atoms with E-state index in [9.17, 15) is 0 Å². The molecule has 1 aromatic carbocycles. The molecule has 2 aromatic heterocycles. The molecule has 0 saturated heterocycles. The molecule has 3 aromatic rings. The number of nitrogens with zero attached hydrogens (tertiary/aromatic N) is 2. The molecule has 0 saturated carbocycles. The van der Waals surface area contributed by atoms with E-state index in [1.807, 2.05) is 37.3 Å². The Morgan fingerprint density at radius 3 is 2.90 bits per heavy atom. The molecular weight excluding hydrogens is 316 g/mol. The van der Waals surface area contributed by atoms with Crippen molar-refractivity contribution in [3.8, 4) is 0 Å². The molecule has 0 amide bonds. The summed E-state index contributed by atoms with van der Waals surface area (Å²) < 4.78 is 0.879. The van der Waals surface area contributed by atoms with E-state index in [-0.39, 0.29) is 0 Å². The molecule has 3 rings (SSSR count). The van der Waals surface area contributed by atoms with Crippen LogP contribution in [0.5, 0.6) is 0 Å². The summed E-state index contributed by atoms with van der Waals surface area (Å²) in [5.41, 5.74) is 9.41. The van der Waals surface area contributed by atoms with Crippen molar-refractivity contribution in [3.63, 3.8) is 0 Å². The summed E-state index contributed by atoms with van der Waals surface area (Å²) in [6.45, 7) is 1.95. The molecule has 4 nitrogen and oxygen atoms in total. The molecule has 0 bridgehead atoms. The molecule has 2 heterocycles. The minimum Gasteiger partial charge on any atom is -0.397 e. The van der Waals surface area contributed by atoms with E-state index in [0.29, 0.717) is 5.69 Å². The van der Waals surface area contributed by atoms with Crippen LogP contribution in [0.3, 0.4) is 0 Å². The van der Waals surface area contributed by atoms with Gasteiger partial charge in [-0.05, 0) is 52.7 Å². The van der Waals surface area contributed by atoms with E-state index >= 15 is 0 Å². The van der Waals surface area contributed by atoms with Gasteiger partial charge in [0.15, 0.2) is 0 Å². The molecule has 100 valence electrons. The minimum atomic E-state index is 0.671. The first kappa shape index (κ1) is 12.9. The summed E-state index contributed by atoms with van der Waals surface area (Å²) in [6, 6.07) is 9.96. The molecule has 20 heavy (non-hydrogen) atoms. The van der Waals surface area contributed by atoms with Gasteiger partial charge in [-0.15, -0.1) is 0 Å². The van der Waals surface area contributed by atoms with Gasteiger partial charge >= 0.3 is 0 Å². The van der Waals surface area contributed by atoms with Crippen LogP contribution in [0.4, 0.5) is 17.2 Å². The Morgan fingerprint density at radius 2 is 2.05 bits per heavy atom. The Labute approximate surface area is 125 Å². The van der Waals surface area contributed by atoms with E-state index in [4.69, 9.17) is 5.73 Å². The summed E-state index contributed by atoms with van der Waals surface area (Å²) in [4.78, 5) is 8.62. The van der Waals surface area contributed by atoms with Gasteiger partial charge in [0.1, 0.15) is 5.82 Å². The van der Waals surface area contributed by atoms with Gasteiger partial charge in [0.2, 0.25) is 0 Å². The highest BCUT2D eigenvalue weighted by Gasteiger charge is 2.08. The summed E-state index contributed by atoms with van der Waals surface area (Å²) in [7, 11) is 0. The second kappa shape index (κ2) is 5.09. The molecule has 0 atom stereocenters. The standard InChI is InChI=1S/C15H13BrN4/c1-9-12(17)8-19-15(14(9)16)20-11-4-5-13-10(7-11)3-2-6-18-13/h2-8H,17H2,1H3,(H,19,20). The Morgan fingerprint density at radius 1 is 1.20 bits per heavy atom. The zero-order valence-electron chi connectivity index (χ0n) is 10.9. The zero-order chi connectivity index (χ0) is 14.1. The Bertz CT molecular complexity index is 786. The first-order valence-electron chi connectivity index (χ1n) is 6.17. The van der Waals surface area contributed by atoms with E-state index in [2.05, 4.69) is 31.2 Å². The zero-order valence-corrected chi connectivity index (χ0v) is 12.5. The smallest absolute Gasteiger partial charge is 0.145 e. The lowest BCUT2D eigenvalue weighted by Crippen LogP contribution is -1.99. The van der Waals surface area contributed by atoms with Gasteiger partial charge < -0.3 is 11.1 Å². The number of hydrogen-bond donors (Lipinski definition) is 2. The van der Waals surface area contributed by atoms with Crippen LogP contribution in [0.2, 0.25) is 0 Å². The van der Waals surface area contributed by atoms with E-state index < -0.39 is 0 Å². The Hall–Kier alpha value is -2.14. The number of hydrogen-bond acceptors (Lipinski definition) is 4. The van der Waals surface area contributed by atoms with Crippen molar-refractivity contribution < 1.29 is 0 Å². The second-order valence-electron chi connectivity index (χ2n) is 4.54. The predicted molar refractivity (Wildman–Crippen MR) is 86.1 cm³/mol. The molecule has 0 aliphatic rings. The quantitative estimate of drug-likeness (QED) is 0.745. The Kier molecular flexibility index (Phi) is 3.28. The molecule has 3 N–H and O–H groups in total. The second-order valence-corrected chi connectivity index (χ2v) is 5.33. The predicted octanol–water partition coefficient (Wildman–Crippen LogP) is 4.03. The number of fused-ring (bicyclic) bond motifs is 1. The molecule has 0 unspecified atom stereocenters. The van der Waals surface area contributed by atoms with Gasteiger partial charge in [-0.25, -0.2) is 4.98 Å². The normalized spacial score (nSPS) is 10.7.